The first-order valence-electron chi connectivity index (χ1n) is 14.0. The van der Waals surface area contributed by atoms with Crippen molar-refractivity contribution in [2.75, 3.05) is 42.1 Å². The van der Waals surface area contributed by atoms with Crippen molar-refractivity contribution in [3.8, 4) is 0 Å². The number of sulfonamides is 1. The van der Waals surface area contributed by atoms with Crippen molar-refractivity contribution in [3.05, 3.63) is 58.4 Å². The molecule has 2 bridgehead atoms. The van der Waals surface area contributed by atoms with Gasteiger partial charge in [0.05, 0.1) is 24.5 Å². The van der Waals surface area contributed by atoms with E-state index in [1.165, 1.54) is 12.8 Å². The molecule has 0 aromatic heterocycles. The first-order chi connectivity index (χ1) is 18.2. The summed E-state index contributed by atoms with van der Waals surface area (Å²) in [5.74, 6) is 0.870. The molecule has 2 N–H and O–H groups in total. The third-order valence-corrected chi connectivity index (χ3v) is 11.2. The van der Waals surface area contributed by atoms with Crippen LogP contribution in [-0.2, 0) is 16.4 Å². The molecule has 3 aliphatic carbocycles. The van der Waals surface area contributed by atoms with Crippen LogP contribution in [0.2, 0.25) is 0 Å². The van der Waals surface area contributed by atoms with Gasteiger partial charge in [0, 0.05) is 54.1 Å². The molecule has 3 aliphatic heterocycles. The minimum Gasteiger partial charge on any atom is -0.380 e. The fourth-order valence-electron chi connectivity index (χ4n) is 8.18. The Bertz CT molecular complexity index is 1390. The van der Waals surface area contributed by atoms with E-state index in [4.69, 9.17) is 0 Å². The molecule has 3 atom stereocenters. The highest BCUT2D eigenvalue weighted by Gasteiger charge is 2.73. The number of likely N-dealkylation sites (tertiary alicyclic amines) is 1. The van der Waals surface area contributed by atoms with Gasteiger partial charge in [0.25, 0.3) is 0 Å². The number of anilines is 2. The van der Waals surface area contributed by atoms with Crippen LogP contribution in [-0.4, -0.2) is 67.9 Å². The first-order valence-corrected chi connectivity index (χ1v) is 15.7. The molecule has 1 spiro atoms. The van der Waals surface area contributed by atoms with Gasteiger partial charge in [-0.05, 0) is 86.4 Å². The van der Waals surface area contributed by atoms with Crippen molar-refractivity contribution >= 4 is 21.4 Å². The average molecular weight is 543 g/mol. The van der Waals surface area contributed by atoms with Crippen LogP contribution in [0, 0.1) is 11.7 Å². The summed E-state index contributed by atoms with van der Waals surface area (Å²) in [4.78, 5) is 4.83. The molecule has 204 valence electrons. The number of alkyl halides is 1. The molecule has 38 heavy (non-hydrogen) atoms. The second kappa shape index (κ2) is 8.63. The van der Waals surface area contributed by atoms with Crippen LogP contribution in [0.4, 0.5) is 20.2 Å². The summed E-state index contributed by atoms with van der Waals surface area (Å²) in [5, 5.41) is 3.54. The van der Waals surface area contributed by atoms with Gasteiger partial charge in [-0.3, -0.25) is 18.9 Å². The lowest BCUT2D eigenvalue weighted by Crippen LogP contribution is -2.78. The molecule has 2 aromatic rings. The monoisotopic (exact) mass is 542 g/mol. The highest BCUT2D eigenvalue weighted by atomic mass is 32.2. The van der Waals surface area contributed by atoms with E-state index in [2.05, 4.69) is 32.8 Å². The Labute approximate surface area is 223 Å². The second-order valence-electron chi connectivity index (χ2n) is 12.1. The Balaban J connectivity index is 1.24. The van der Waals surface area contributed by atoms with Crippen LogP contribution in [0.15, 0.2) is 30.3 Å². The van der Waals surface area contributed by atoms with Gasteiger partial charge in [0.15, 0.2) is 0 Å². The lowest BCUT2D eigenvalue weighted by atomic mass is 9.37. The predicted octanol–water partition coefficient (Wildman–Crippen LogP) is 4.64. The summed E-state index contributed by atoms with van der Waals surface area (Å²) >= 11 is 0. The molecule has 8 rings (SSSR count). The van der Waals surface area contributed by atoms with Gasteiger partial charge >= 0.3 is 0 Å². The molecular weight excluding hydrogens is 506 g/mol. The fraction of sp³-hybridized carbons (Fsp3) is 0.586. The average Bonchev–Trinajstić information content (AvgIpc) is 2.79. The van der Waals surface area contributed by atoms with Gasteiger partial charge in [0.1, 0.15) is 5.82 Å². The molecule has 4 fully saturated rings. The molecule has 6 aliphatic rings. The molecule has 6 nitrogen and oxygen atoms in total. The maximum absolute atomic E-state index is 16.1. The summed E-state index contributed by atoms with van der Waals surface area (Å²) in [6.45, 7) is 6.07. The highest BCUT2D eigenvalue weighted by molar-refractivity contribution is 7.92. The minimum atomic E-state index is -3.37. The van der Waals surface area contributed by atoms with E-state index in [0.29, 0.717) is 23.9 Å². The Kier molecular flexibility index (Phi) is 5.63. The maximum atomic E-state index is 16.1. The van der Waals surface area contributed by atoms with E-state index in [9.17, 15) is 12.8 Å². The number of fused-ring (bicyclic) bond motifs is 5. The largest absolute Gasteiger partial charge is 0.380 e. The molecule has 9 heteroatoms. The normalized spacial score (nSPS) is 31.6. The van der Waals surface area contributed by atoms with Crippen molar-refractivity contribution in [3.63, 3.8) is 0 Å². The fourth-order valence-corrected chi connectivity index (χ4v) is 8.81. The van der Waals surface area contributed by atoms with Gasteiger partial charge in [-0.1, -0.05) is 6.07 Å². The van der Waals surface area contributed by atoms with Gasteiger partial charge in [-0.25, -0.2) is 12.8 Å². The topological polar surface area (TPSA) is 64.7 Å². The third kappa shape index (κ3) is 3.57. The number of benzene rings is 2. The van der Waals surface area contributed by atoms with Crippen molar-refractivity contribution in [2.24, 2.45) is 5.92 Å². The van der Waals surface area contributed by atoms with Crippen LogP contribution < -0.4 is 10.0 Å². The van der Waals surface area contributed by atoms with Crippen molar-refractivity contribution in [1.82, 2.24) is 9.80 Å². The zero-order valence-electron chi connectivity index (χ0n) is 22.0. The quantitative estimate of drug-likeness (QED) is 0.509. The first kappa shape index (κ1) is 24.8. The SMILES string of the molecule is CCS(=O)(=O)Nc1ccc2c(c1)C[C@@H](C)N1[C@@H]2c2c(F)cc(NC3CN(CCCF)C3)cc2C2C3CC21C3. The Morgan fingerprint density at radius 1 is 1.11 bits per heavy atom. The van der Waals surface area contributed by atoms with Crippen LogP contribution >= 0.6 is 0 Å². The van der Waals surface area contributed by atoms with Crippen LogP contribution in [0.25, 0.3) is 0 Å². The molecule has 1 unspecified atom stereocenters. The van der Waals surface area contributed by atoms with Gasteiger partial charge in [0.2, 0.25) is 10.0 Å². The summed E-state index contributed by atoms with van der Waals surface area (Å²) in [6, 6.07) is 9.99. The third-order valence-electron chi connectivity index (χ3n) is 9.86. The highest BCUT2D eigenvalue weighted by Crippen LogP contribution is 2.75. The molecule has 0 radical (unpaired) electrons. The Hall–Kier alpha value is -2.23. The summed E-state index contributed by atoms with van der Waals surface area (Å²) in [6.07, 6.45) is 3.74. The standard InChI is InChI=1S/C29H36F2N4O2S/c1-3-38(36,37)33-20-5-6-23-18(10-20)9-17(2)35-28(23)26-24(27-19-13-29(27,35)14-19)11-21(12-25(26)31)32-22-15-34(16-22)8-4-7-30/h5-6,10-12,17,19,22,27-28,32-33H,3-4,7-9,13-16H2,1-2H3/t17-,19?,27?,28+,29?/m1/s1. The number of halogens is 2. The van der Waals surface area contributed by atoms with Crippen LogP contribution in [0.1, 0.15) is 67.3 Å². The summed E-state index contributed by atoms with van der Waals surface area (Å²) < 4.78 is 55.7. The Morgan fingerprint density at radius 3 is 2.58 bits per heavy atom. The lowest BCUT2D eigenvalue weighted by molar-refractivity contribution is -0.208. The van der Waals surface area contributed by atoms with E-state index in [1.807, 2.05) is 18.2 Å². The second-order valence-corrected chi connectivity index (χ2v) is 14.1. The molecule has 3 saturated carbocycles. The van der Waals surface area contributed by atoms with Crippen LogP contribution in [0.3, 0.4) is 0 Å². The van der Waals surface area contributed by atoms with E-state index in [0.717, 1.165) is 54.0 Å². The molecule has 1 saturated heterocycles. The van der Waals surface area contributed by atoms with Gasteiger partial charge < -0.3 is 5.32 Å². The van der Waals surface area contributed by atoms with E-state index < -0.39 is 10.0 Å². The van der Waals surface area contributed by atoms with Crippen LogP contribution in [0.5, 0.6) is 0 Å². The van der Waals surface area contributed by atoms with Crippen molar-refractivity contribution < 1.29 is 17.2 Å². The zero-order valence-corrected chi connectivity index (χ0v) is 22.8. The van der Waals surface area contributed by atoms with E-state index in [1.54, 1.807) is 13.0 Å². The minimum absolute atomic E-state index is 0.0213. The van der Waals surface area contributed by atoms with Crippen molar-refractivity contribution in [1.29, 1.82) is 0 Å². The molecule has 2 aromatic carbocycles. The Morgan fingerprint density at radius 2 is 1.89 bits per heavy atom. The number of nitrogens with zero attached hydrogens (tertiary/aromatic N) is 2. The van der Waals surface area contributed by atoms with E-state index in [-0.39, 0.29) is 41.9 Å². The molecule has 0 amide bonds. The predicted molar refractivity (Wildman–Crippen MR) is 145 cm³/mol. The molecule has 3 heterocycles. The smallest absolute Gasteiger partial charge is 0.232 e. The summed E-state index contributed by atoms with van der Waals surface area (Å²) in [7, 11) is -3.37. The summed E-state index contributed by atoms with van der Waals surface area (Å²) in [5.41, 5.74) is 5.66. The zero-order chi connectivity index (χ0) is 26.4. The number of nitrogens with one attached hydrogen (secondary N) is 2. The number of hydrogen-bond acceptors (Lipinski definition) is 5. The lowest BCUT2D eigenvalue weighted by Gasteiger charge is -2.77. The van der Waals surface area contributed by atoms with E-state index >= 15 is 4.39 Å². The number of hydrogen-bond donors (Lipinski definition) is 2. The van der Waals surface area contributed by atoms with Crippen molar-refractivity contribution in [2.45, 2.75) is 69.1 Å². The molecular formula is C29H36F2N4O2S. The van der Waals surface area contributed by atoms with Gasteiger partial charge in [-0.15, -0.1) is 0 Å². The number of rotatable bonds is 8. The maximum Gasteiger partial charge on any atom is 0.232 e. The van der Waals surface area contributed by atoms with Gasteiger partial charge in [-0.2, -0.15) is 0 Å².